The molecule has 102 valence electrons. The summed E-state index contributed by atoms with van der Waals surface area (Å²) in [7, 11) is 0. The van der Waals surface area contributed by atoms with E-state index in [0.717, 1.165) is 16.9 Å². The van der Waals surface area contributed by atoms with Crippen molar-refractivity contribution in [2.24, 2.45) is 0 Å². The largest absolute Gasteiger partial charge is 0.489 e. The van der Waals surface area contributed by atoms with Crippen molar-refractivity contribution in [2.45, 2.75) is 13.5 Å². The molecule has 2 aromatic rings. The van der Waals surface area contributed by atoms with Crippen molar-refractivity contribution in [3.63, 3.8) is 0 Å². The molecular weight excluding hydrogens is 252 g/mol. The van der Waals surface area contributed by atoms with Crippen LogP contribution in [0.4, 0.5) is 0 Å². The molecule has 0 aliphatic heterocycles. The van der Waals surface area contributed by atoms with E-state index in [9.17, 15) is 4.79 Å². The van der Waals surface area contributed by atoms with Crippen LogP contribution in [0.3, 0.4) is 0 Å². The summed E-state index contributed by atoms with van der Waals surface area (Å²) in [6.45, 7) is 2.26. The Bertz CT molecular complexity index is 615. The van der Waals surface area contributed by atoms with E-state index in [4.69, 9.17) is 9.84 Å². The first-order valence-corrected chi connectivity index (χ1v) is 6.33. The van der Waals surface area contributed by atoms with E-state index in [1.165, 1.54) is 6.08 Å². The lowest BCUT2D eigenvalue weighted by Crippen LogP contribution is -1.96. The normalized spacial score (nSPS) is 11.2. The number of carbonyl (C=O) groups is 1. The Morgan fingerprint density at radius 1 is 1.15 bits per heavy atom. The van der Waals surface area contributed by atoms with Crippen LogP contribution >= 0.6 is 0 Å². The summed E-state index contributed by atoms with van der Waals surface area (Å²) in [5.41, 5.74) is 2.64. The van der Waals surface area contributed by atoms with Crippen molar-refractivity contribution in [1.82, 2.24) is 0 Å². The van der Waals surface area contributed by atoms with Crippen LogP contribution in [0.25, 0.3) is 5.57 Å². The predicted molar refractivity (Wildman–Crippen MR) is 78.5 cm³/mol. The van der Waals surface area contributed by atoms with E-state index in [1.807, 2.05) is 54.6 Å². The maximum absolute atomic E-state index is 10.7. The number of allylic oxidation sites excluding steroid dienone is 1. The molecule has 0 aliphatic rings. The summed E-state index contributed by atoms with van der Waals surface area (Å²) in [4.78, 5) is 10.7. The summed E-state index contributed by atoms with van der Waals surface area (Å²) in [6, 6.07) is 17.3. The second-order valence-electron chi connectivity index (χ2n) is 4.47. The summed E-state index contributed by atoms with van der Waals surface area (Å²) < 4.78 is 5.71. The molecular formula is C17H16O3. The van der Waals surface area contributed by atoms with Crippen LogP contribution in [0.5, 0.6) is 5.75 Å². The van der Waals surface area contributed by atoms with Gasteiger partial charge in [0.25, 0.3) is 0 Å². The van der Waals surface area contributed by atoms with Crippen molar-refractivity contribution in [2.75, 3.05) is 0 Å². The number of rotatable bonds is 5. The van der Waals surface area contributed by atoms with Crippen molar-refractivity contribution < 1.29 is 14.6 Å². The number of carboxylic acids is 1. The Labute approximate surface area is 118 Å². The van der Waals surface area contributed by atoms with E-state index >= 15 is 0 Å². The van der Waals surface area contributed by atoms with Gasteiger partial charge in [-0.1, -0.05) is 42.5 Å². The second kappa shape index (κ2) is 6.57. The molecule has 0 heterocycles. The second-order valence-corrected chi connectivity index (χ2v) is 4.47. The van der Waals surface area contributed by atoms with E-state index in [1.54, 1.807) is 6.92 Å². The Hall–Kier alpha value is -2.55. The molecule has 0 saturated carbocycles. The zero-order valence-corrected chi connectivity index (χ0v) is 11.2. The lowest BCUT2D eigenvalue weighted by Gasteiger charge is -2.08. The van der Waals surface area contributed by atoms with Gasteiger partial charge < -0.3 is 9.84 Å². The van der Waals surface area contributed by atoms with Gasteiger partial charge in [-0.2, -0.15) is 0 Å². The first-order chi connectivity index (χ1) is 9.65. The molecule has 0 fully saturated rings. The zero-order chi connectivity index (χ0) is 14.4. The number of benzene rings is 2. The number of ether oxygens (including phenoxy) is 1. The number of hydrogen-bond donors (Lipinski definition) is 1. The molecule has 0 aliphatic carbocycles. The highest BCUT2D eigenvalue weighted by atomic mass is 16.5. The van der Waals surface area contributed by atoms with Gasteiger partial charge in [0.15, 0.2) is 0 Å². The number of hydrogen-bond acceptors (Lipinski definition) is 2. The molecule has 2 aromatic carbocycles. The Morgan fingerprint density at radius 2 is 1.90 bits per heavy atom. The summed E-state index contributed by atoms with van der Waals surface area (Å²) in [5.74, 6) is -0.220. The smallest absolute Gasteiger partial charge is 0.328 e. The standard InChI is InChI=1S/C17H16O3/c1-13(10-17(18)19)15-8-5-9-16(11-15)20-12-14-6-3-2-4-7-14/h2-11H,12H2,1H3,(H,18,19). The van der Waals surface area contributed by atoms with Gasteiger partial charge in [0.05, 0.1) is 0 Å². The minimum absolute atomic E-state index is 0.492. The molecule has 0 spiro atoms. The highest BCUT2D eigenvalue weighted by Gasteiger charge is 2.01. The highest BCUT2D eigenvalue weighted by Crippen LogP contribution is 2.20. The third-order valence-electron chi connectivity index (χ3n) is 2.88. The monoisotopic (exact) mass is 268 g/mol. The van der Waals surface area contributed by atoms with Crippen LogP contribution in [-0.4, -0.2) is 11.1 Å². The maximum atomic E-state index is 10.7. The van der Waals surface area contributed by atoms with Crippen LogP contribution in [0, 0.1) is 0 Å². The van der Waals surface area contributed by atoms with Gasteiger partial charge in [0.1, 0.15) is 12.4 Å². The van der Waals surface area contributed by atoms with Crippen molar-refractivity contribution in [1.29, 1.82) is 0 Å². The van der Waals surface area contributed by atoms with Crippen molar-refractivity contribution in [3.05, 3.63) is 71.8 Å². The lowest BCUT2D eigenvalue weighted by molar-refractivity contribution is -0.131. The van der Waals surface area contributed by atoms with Gasteiger partial charge in [0, 0.05) is 6.08 Å². The predicted octanol–water partition coefficient (Wildman–Crippen LogP) is 3.75. The van der Waals surface area contributed by atoms with Crippen LogP contribution in [0.15, 0.2) is 60.7 Å². The maximum Gasteiger partial charge on any atom is 0.328 e. The highest BCUT2D eigenvalue weighted by molar-refractivity contribution is 5.89. The summed E-state index contributed by atoms with van der Waals surface area (Å²) >= 11 is 0. The number of carboxylic acid groups (broad SMARTS) is 1. The molecule has 0 unspecified atom stereocenters. The molecule has 1 N–H and O–H groups in total. The van der Waals surface area contributed by atoms with Crippen molar-refractivity contribution in [3.8, 4) is 5.75 Å². The van der Waals surface area contributed by atoms with Gasteiger partial charge >= 0.3 is 5.97 Å². The van der Waals surface area contributed by atoms with Gasteiger partial charge in [-0.3, -0.25) is 0 Å². The van der Waals surface area contributed by atoms with E-state index in [2.05, 4.69) is 0 Å². The topological polar surface area (TPSA) is 46.5 Å². The minimum Gasteiger partial charge on any atom is -0.489 e. The fourth-order valence-corrected chi connectivity index (χ4v) is 1.84. The summed E-state index contributed by atoms with van der Waals surface area (Å²) in [6.07, 6.45) is 1.19. The molecule has 0 amide bonds. The molecule has 2 rings (SSSR count). The molecule has 0 atom stereocenters. The van der Waals surface area contributed by atoms with E-state index < -0.39 is 5.97 Å². The van der Waals surface area contributed by atoms with Crippen LogP contribution in [0.2, 0.25) is 0 Å². The third kappa shape index (κ3) is 3.99. The van der Waals surface area contributed by atoms with Crippen LogP contribution in [0.1, 0.15) is 18.1 Å². The van der Waals surface area contributed by atoms with Crippen LogP contribution in [-0.2, 0) is 11.4 Å². The molecule has 0 bridgehead atoms. The van der Waals surface area contributed by atoms with E-state index in [-0.39, 0.29) is 0 Å². The Balaban J connectivity index is 2.08. The minimum atomic E-state index is -0.946. The lowest BCUT2D eigenvalue weighted by atomic mass is 10.1. The van der Waals surface area contributed by atoms with Gasteiger partial charge in [-0.15, -0.1) is 0 Å². The van der Waals surface area contributed by atoms with Crippen LogP contribution < -0.4 is 4.74 Å². The fraction of sp³-hybridized carbons (Fsp3) is 0.118. The van der Waals surface area contributed by atoms with Crippen molar-refractivity contribution >= 4 is 11.5 Å². The SMILES string of the molecule is CC(=CC(=O)O)c1cccc(OCc2ccccc2)c1. The number of aliphatic carboxylic acids is 1. The average Bonchev–Trinajstić information content (AvgIpc) is 2.46. The third-order valence-corrected chi connectivity index (χ3v) is 2.88. The summed E-state index contributed by atoms with van der Waals surface area (Å²) in [5, 5.41) is 8.76. The molecule has 3 heteroatoms. The molecule has 3 nitrogen and oxygen atoms in total. The first kappa shape index (κ1) is 13.9. The van der Waals surface area contributed by atoms with E-state index in [0.29, 0.717) is 12.2 Å². The quantitative estimate of drug-likeness (QED) is 0.840. The molecule has 0 saturated heterocycles. The average molecular weight is 268 g/mol. The Kier molecular flexibility index (Phi) is 4.56. The molecule has 0 radical (unpaired) electrons. The van der Waals surface area contributed by atoms with Gasteiger partial charge in [-0.25, -0.2) is 4.79 Å². The molecule has 20 heavy (non-hydrogen) atoms. The first-order valence-electron chi connectivity index (χ1n) is 6.33. The fourth-order valence-electron chi connectivity index (χ4n) is 1.84. The zero-order valence-electron chi connectivity index (χ0n) is 11.2. The molecule has 0 aromatic heterocycles. The van der Waals surface area contributed by atoms with Gasteiger partial charge in [0.2, 0.25) is 0 Å². The van der Waals surface area contributed by atoms with Gasteiger partial charge in [-0.05, 0) is 35.8 Å². The Morgan fingerprint density at radius 3 is 2.60 bits per heavy atom.